The molecule has 0 heterocycles. The van der Waals surface area contributed by atoms with Gasteiger partial charge in [-0.2, -0.15) is 0 Å². The first-order valence-corrected chi connectivity index (χ1v) is 6.99. The Morgan fingerprint density at radius 3 is 2.06 bits per heavy atom. The second-order valence-electron chi connectivity index (χ2n) is 6.45. The fraction of sp³-hybridized carbons (Fsp3) is 0.714. The molecule has 3 heteroatoms. The summed E-state index contributed by atoms with van der Waals surface area (Å²) in [7, 11) is 0. The van der Waals surface area contributed by atoms with Crippen molar-refractivity contribution >= 4 is 27.4 Å². The average Bonchev–Trinajstić information content (AvgIpc) is 2.07. The minimum absolute atomic E-state index is 0.0284. The van der Waals surface area contributed by atoms with Crippen LogP contribution in [0, 0.1) is 0 Å². The van der Waals surface area contributed by atoms with E-state index in [0.29, 0.717) is 0 Å². The monoisotopic (exact) mass is 298 g/mol. The van der Waals surface area contributed by atoms with Crippen LogP contribution in [-0.4, -0.2) is 27.3 Å². The highest BCUT2D eigenvalue weighted by Gasteiger charge is 2.24. The first-order valence-electron chi connectivity index (χ1n) is 6.07. The van der Waals surface area contributed by atoms with Gasteiger partial charge in [-0.1, -0.05) is 22.0 Å². The molecule has 0 radical (unpaired) electrons. The van der Waals surface area contributed by atoms with E-state index in [1.54, 1.807) is 0 Å². The van der Waals surface area contributed by atoms with Crippen molar-refractivity contribution in [1.82, 2.24) is 0 Å². The number of allylic oxidation sites excluding steroid dienone is 2. The van der Waals surface area contributed by atoms with E-state index in [2.05, 4.69) is 69.6 Å². The minimum atomic E-state index is -0.0458. The van der Waals surface area contributed by atoms with Gasteiger partial charge in [-0.3, -0.25) is 9.98 Å². The maximum absolute atomic E-state index is 4.77. The van der Waals surface area contributed by atoms with Crippen LogP contribution in [0.1, 0.15) is 48.0 Å². The quantitative estimate of drug-likeness (QED) is 0.599. The van der Waals surface area contributed by atoms with Gasteiger partial charge in [-0.15, -0.1) is 0 Å². The molecular formula is C14H23BrN2. The molecule has 0 spiro atoms. The van der Waals surface area contributed by atoms with Crippen molar-refractivity contribution in [2.45, 2.75) is 63.9 Å². The number of hydrogen-bond donors (Lipinski definition) is 0. The lowest BCUT2D eigenvalue weighted by Crippen LogP contribution is -2.31. The third-order valence-electron chi connectivity index (χ3n) is 2.11. The summed E-state index contributed by atoms with van der Waals surface area (Å²) < 4.78 is 0. The zero-order valence-electron chi connectivity index (χ0n) is 11.7. The van der Waals surface area contributed by atoms with Crippen LogP contribution in [0.5, 0.6) is 0 Å². The Bertz CT molecular complexity index is 365. The van der Waals surface area contributed by atoms with Gasteiger partial charge in [0.05, 0.1) is 21.6 Å². The molecule has 17 heavy (non-hydrogen) atoms. The van der Waals surface area contributed by atoms with E-state index in [-0.39, 0.29) is 15.9 Å². The van der Waals surface area contributed by atoms with Gasteiger partial charge in [-0.05, 0) is 47.6 Å². The molecule has 0 N–H and O–H groups in total. The number of alkyl halides is 1. The summed E-state index contributed by atoms with van der Waals surface area (Å²) in [6.07, 6.45) is 5.16. The van der Waals surface area contributed by atoms with E-state index >= 15 is 0 Å². The fourth-order valence-electron chi connectivity index (χ4n) is 1.67. The first-order chi connectivity index (χ1) is 7.58. The van der Waals surface area contributed by atoms with Gasteiger partial charge < -0.3 is 0 Å². The molecule has 1 aliphatic carbocycles. The van der Waals surface area contributed by atoms with E-state index in [1.165, 1.54) is 5.71 Å². The molecule has 1 unspecified atom stereocenters. The minimum Gasteiger partial charge on any atom is -0.286 e. The van der Waals surface area contributed by atoms with Gasteiger partial charge in [0.15, 0.2) is 0 Å². The van der Waals surface area contributed by atoms with Gasteiger partial charge in [-0.25, -0.2) is 0 Å². The van der Waals surface area contributed by atoms with Crippen LogP contribution in [-0.2, 0) is 0 Å². The van der Waals surface area contributed by atoms with E-state index in [1.807, 2.05) is 0 Å². The van der Waals surface area contributed by atoms with E-state index in [9.17, 15) is 0 Å². The van der Waals surface area contributed by atoms with Crippen molar-refractivity contribution < 1.29 is 0 Å². The summed E-state index contributed by atoms with van der Waals surface area (Å²) in [6, 6.07) is 0. The Balaban J connectivity index is 3.02. The summed E-state index contributed by atoms with van der Waals surface area (Å²) in [4.78, 5) is 9.66. The van der Waals surface area contributed by atoms with Gasteiger partial charge >= 0.3 is 0 Å². The van der Waals surface area contributed by atoms with Crippen molar-refractivity contribution in [3.63, 3.8) is 0 Å². The van der Waals surface area contributed by atoms with Crippen LogP contribution in [0.25, 0.3) is 0 Å². The maximum atomic E-state index is 4.77. The second-order valence-corrected chi connectivity index (χ2v) is 7.37. The SMILES string of the molecule is CC(C)(C)N=C1C=CCC(=NC(C)(C)C)C1Br. The molecule has 0 aromatic rings. The number of rotatable bonds is 0. The first kappa shape index (κ1) is 14.6. The average molecular weight is 299 g/mol. The molecule has 0 bridgehead atoms. The van der Waals surface area contributed by atoms with Crippen LogP contribution < -0.4 is 0 Å². The molecule has 0 aromatic heterocycles. The van der Waals surface area contributed by atoms with Gasteiger partial charge in [0.1, 0.15) is 0 Å². The molecule has 1 aliphatic rings. The van der Waals surface area contributed by atoms with Crippen molar-refractivity contribution in [3.05, 3.63) is 12.2 Å². The molecular weight excluding hydrogens is 276 g/mol. The van der Waals surface area contributed by atoms with Gasteiger partial charge in [0.2, 0.25) is 0 Å². The normalized spacial score (nSPS) is 26.9. The van der Waals surface area contributed by atoms with Crippen LogP contribution in [0.3, 0.4) is 0 Å². The summed E-state index contributed by atoms with van der Waals surface area (Å²) in [6.45, 7) is 12.7. The molecule has 0 amide bonds. The number of hydrogen-bond acceptors (Lipinski definition) is 2. The Hall–Kier alpha value is -0.440. The molecule has 2 nitrogen and oxygen atoms in total. The largest absolute Gasteiger partial charge is 0.286 e. The third-order valence-corrected chi connectivity index (χ3v) is 3.11. The number of nitrogens with zero attached hydrogens (tertiary/aromatic N) is 2. The number of aliphatic imine (C=N–C) groups is 2. The summed E-state index contributed by atoms with van der Waals surface area (Å²) in [5.41, 5.74) is 2.17. The highest BCUT2D eigenvalue weighted by atomic mass is 79.9. The lowest BCUT2D eigenvalue weighted by atomic mass is 10.00. The van der Waals surface area contributed by atoms with Crippen molar-refractivity contribution in [3.8, 4) is 0 Å². The van der Waals surface area contributed by atoms with E-state index in [0.717, 1.165) is 12.1 Å². The highest BCUT2D eigenvalue weighted by Crippen LogP contribution is 2.21. The lowest BCUT2D eigenvalue weighted by Gasteiger charge is -2.24. The smallest absolute Gasteiger partial charge is 0.0943 e. The predicted octanol–water partition coefficient (Wildman–Crippen LogP) is 4.19. The molecule has 1 rings (SSSR count). The fourth-order valence-corrected chi connectivity index (χ4v) is 2.22. The van der Waals surface area contributed by atoms with Crippen LogP contribution in [0.2, 0.25) is 0 Å². The summed E-state index contributed by atoms with van der Waals surface area (Å²) in [5.74, 6) is 0. The third kappa shape index (κ3) is 5.15. The zero-order chi connectivity index (χ0) is 13.3. The van der Waals surface area contributed by atoms with E-state index in [4.69, 9.17) is 9.98 Å². The second kappa shape index (κ2) is 5.05. The van der Waals surface area contributed by atoms with Crippen LogP contribution >= 0.6 is 15.9 Å². The van der Waals surface area contributed by atoms with Crippen molar-refractivity contribution in [2.24, 2.45) is 9.98 Å². The molecule has 0 fully saturated rings. The van der Waals surface area contributed by atoms with Crippen LogP contribution in [0.15, 0.2) is 22.1 Å². The summed E-state index contributed by atoms with van der Waals surface area (Å²) in [5, 5.41) is 0. The Kier molecular flexibility index (Phi) is 4.34. The van der Waals surface area contributed by atoms with Crippen LogP contribution in [0.4, 0.5) is 0 Å². The van der Waals surface area contributed by atoms with Gasteiger partial charge in [0, 0.05) is 12.1 Å². The Morgan fingerprint density at radius 1 is 1.06 bits per heavy atom. The molecule has 0 aromatic carbocycles. The molecule has 96 valence electrons. The molecule has 0 saturated carbocycles. The lowest BCUT2D eigenvalue weighted by molar-refractivity contribution is 0.579. The van der Waals surface area contributed by atoms with E-state index < -0.39 is 0 Å². The van der Waals surface area contributed by atoms with Crippen molar-refractivity contribution in [1.29, 1.82) is 0 Å². The Labute approximate surface area is 113 Å². The topological polar surface area (TPSA) is 24.7 Å². The summed E-state index contributed by atoms with van der Waals surface area (Å²) >= 11 is 3.71. The van der Waals surface area contributed by atoms with Gasteiger partial charge in [0.25, 0.3) is 0 Å². The predicted molar refractivity (Wildman–Crippen MR) is 80.8 cm³/mol. The molecule has 0 saturated heterocycles. The highest BCUT2D eigenvalue weighted by molar-refractivity contribution is 9.10. The molecule has 0 aliphatic heterocycles. The Morgan fingerprint density at radius 2 is 1.59 bits per heavy atom. The van der Waals surface area contributed by atoms with Crippen molar-refractivity contribution in [2.75, 3.05) is 0 Å². The standard InChI is InChI=1S/C14H23BrN2/c1-13(2,3)16-10-8-7-9-11(12(10)15)17-14(4,5)6/h7-8,12H,9H2,1-6H3. The number of halogens is 1. The zero-order valence-corrected chi connectivity index (χ0v) is 13.3. The maximum Gasteiger partial charge on any atom is 0.0943 e. The molecule has 1 atom stereocenters.